The molecule has 1 aromatic carbocycles. The summed E-state index contributed by atoms with van der Waals surface area (Å²) in [5.74, 6) is 2.09. The van der Waals surface area contributed by atoms with E-state index in [1.54, 1.807) is 7.11 Å². The lowest BCUT2D eigenvalue weighted by Crippen LogP contribution is -2.35. The largest absolute Gasteiger partial charge is 0.497 e. The van der Waals surface area contributed by atoms with E-state index in [2.05, 4.69) is 9.88 Å². The van der Waals surface area contributed by atoms with Crippen molar-refractivity contribution in [3.05, 3.63) is 53.7 Å². The van der Waals surface area contributed by atoms with E-state index in [-0.39, 0.29) is 5.91 Å². The number of aryl methyl sites for hydroxylation is 2. The Bertz CT molecular complexity index is 730. The number of methoxy groups -OCH3 is 1. The summed E-state index contributed by atoms with van der Waals surface area (Å²) >= 11 is 0. The van der Waals surface area contributed by atoms with Crippen LogP contribution in [0.25, 0.3) is 0 Å². The molecule has 5 heteroatoms. The first-order valence-corrected chi connectivity index (χ1v) is 9.25. The SMILES string of the molecule is COc1ccc(CCC(=O)N2CCCN(c3cccc(C)n3)CC2)cc1. The third-order valence-corrected chi connectivity index (χ3v) is 4.83. The summed E-state index contributed by atoms with van der Waals surface area (Å²) in [7, 11) is 1.66. The Labute approximate surface area is 155 Å². The Morgan fingerprint density at radius 1 is 1.08 bits per heavy atom. The number of carbonyl (C=O) groups excluding carboxylic acids is 1. The van der Waals surface area contributed by atoms with E-state index in [0.29, 0.717) is 6.42 Å². The molecule has 0 N–H and O–H groups in total. The number of benzene rings is 1. The second kappa shape index (κ2) is 8.70. The molecule has 1 saturated heterocycles. The molecule has 1 aliphatic rings. The molecular weight excluding hydrogens is 326 g/mol. The molecule has 0 spiro atoms. The minimum atomic E-state index is 0.236. The maximum absolute atomic E-state index is 12.6. The number of hydrogen-bond donors (Lipinski definition) is 0. The van der Waals surface area contributed by atoms with Gasteiger partial charge in [0.05, 0.1) is 7.11 Å². The van der Waals surface area contributed by atoms with Crippen LogP contribution in [0, 0.1) is 6.92 Å². The van der Waals surface area contributed by atoms with Gasteiger partial charge in [0.2, 0.25) is 5.91 Å². The number of carbonyl (C=O) groups is 1. The van der Waals surface area contributed by atoms with Crippen molar-refractivity contribution >= 4 is 11.7 Å². The van der Waals surface area contributed by atoms with Crippen molar-refractivity contribution < 1.29 is 9.53 Å². The van der Waals surface area contributed by atoms with Gasteiger partial charge in [0, 0.05) is 38.3 Å². The van der Waals surface area contributed by atoms with Crippen LogP contribution >= 0.6 is 0 Å². The standard InChI is InChI=1S/C21H27N3O2/c1-17-5-3-6-20(22-17)23-13-4-14-24(16-15-23)21(25)12-9-18-7-10-19(26-2)11-8-18/h3,5-8,10-11H,4,9,12-16H2,1-2H3. The first-order chi connectivity index (χ1) is 12.7. The Kier molecular flexibility index (Phi) is 6.10. The van der Waals surface area contributed by atoms with Crippen molar-refractivity contribution in [1.82, 2.24) is 9.88 Å². The van der Waals surface area contributed by atoms with Gasteiger partial charge in [0.1, 0.15) is 11.6 Å². The molecule has 1 aliphatic heterocycles. The summed E-state index contributed by atoms with van der Waals surface area (Å²) in [6.45, 7) is 5.38. The summed E-state index contributed by atoms with van der Waals surface area (Å²) in [5, 5.41) is 0. The summed E-state index contributed by atoms with van der Waals surface area (Å²) in [5.41, 5.74) is 2.19. The third kappa shape index (κ3) is 4.75. The van der Waals surface area contributed by atoms with Crippen molar-refractivity contribution in [2.45, 2.75) is 26.2 Å². The van der Waals surface area contributed by atoms with Crippen LogP contribution in [0.15, 0.2) is 42.5 Å². The number of pyridine rings is 1. The number of aromatic nitrogens is 1. The van der Waals surface area contributed by atoms with Gasteiger partial charge in [-0.2, -0.15) is 0 Å². The normalized spacial score (nSPS) is 14.8. The number of nitrogens with zero attached hydrogens (tertiary/aromatic N) is 3. The minimum absolute atomic E-state index is 0.236. The Morgan fingerprint density at radius 2 is 1.88 bits per heavy atom. The van der Waals surface area contributed by atoms with Gasteiger partial charge in [-0.05, 0) is 49.6 Å². The molecule has 2 aromatic rings. The van der Waals surface area contributed by atoms with Crippen molar-refractivity contribution in [3.63, 3.8) is 0 Å². The molecule has 3 rings (SSSR count). The molecule has 138 valence electrons. The lowest BCUT2D eigenvalue weighted by Gasteiger charge is -2.23. The molecule has 0 unspecified atom stereocenters. The zero-order valence-corrected chi connectivity index (χ0v) is 15.6. The summed E-state index contributed by atoms with van der Waals surface area (Å²) in [4.78, 5) is 21.5. The van der Waals surface area contributed by atoms with Gasteiger partial charge in [-0.1, -0.05) is 18.2 Å². The first kappa shape index (κ1) is 18.2. The Morgan fingerprint density at radius 3 is 2.62 bits per heavy atom. The van der Waals surface area contributed by atoms with Crippen molar-refractivity contribution in [1.29, 1.82) is 0 Å². The van der Waals surface area contributed by atoms with Crippen molar-refractivity contribution in [3.8, 4) is 5.75 Å². The molecule has 1 amide bonds. The lowest BCUT2D eigenvalue weighted by atomic mass is 10.1. The van der Waals surface area contributed by atoms with Gasteiger partial charge in [-0.25, -0.2) is 4.98 Å². The number of hydrogen-bond acceptors (Lipinski definition) is 4. The fraction of sp³-hybridized carbons (Fsp3) is 0.429. The van der Waals surface area contributed by atoms with Gasteiger partial charge in [0.15, 0.2) is 0 Å². The van der Waals surface area contributed by atoms with Crippen LogP contribution in [0.5, 0.6) is 5.75 Å². The molecule has 5 nitrogen and oxygen atoms in total. The molecular formula is C21H27N3O2. The molecule has 26 heavy (non-hydrogen) atoms. The van der Waals surface area contributed by atoms with Gasteiger partial charge >= 0.3 is 0 Å². The topological polar surface area (TPSA) is 45.7 Å². The quantitative estimate of drug-likeness (QED) is 0.829. The van der Waals surface area contributed by atoms with Gasteiger partial charge in [0.25, 0.3) is 0 Å². The van der Waals surface area contributed by atoms with Gasteiger partial charge < -0.3 is 14.5 Å². The van der Waals surface area contributed by atoms with E-state index in [0.717, 1.165) is 56.3 Å². The molecule has 2 heterocycles. The minimum Gasteiger partial charge on any atom is -0.497 e. The highest BCUT2D eigenvalue weighted by molar-refractivity contribution is 5.76. The fourth-order valence-corrected chi connectivity index (χ4v) is 3.30. The summed E-state index contributed by atoms with van der Waals surface area (Å²) in [6, 6.07) is 14.0. The molecule has 0 radical (unpaired) electrons. The Balaban J connectivity index is 1.52. The number of ether oxygens (including phenoxy) is 1. The maximum atomic E-state index is 12.6. The maximum Gasteiger partial charge on any atom is 0.222 e. The van der Waals surface area contributed by atoms with E-state index < -0.39 is 0 Å². The zero-order chi connectivity index (χ0) is 18.4. The molecule has 0 bridgehead atoms. The van der Waals surface area contributed by atoms with Crippen molar-refractivity contribution in [2.75, 3.05) is 38.2 Å². The number of amides is 1. The van der Waals surface area contributed by atoms with Crippen LogP contribution < -0.4 is 9.64 Å². The van der Waals surface area contributed by atoms with Gasteiger partial charge in [-0.3, -0.25) is 4.79 Å². The second-order valence-electron chi connectivity index (χ2n) is 6.71. The zero-order valence-electron chi connectivity index (χ0n) is 15.6. The fourth-order valence-electron chi connectivity index (χ4n) is 3.30. The predicted molar refractivity (Wildman–Crippen MR) is 104 cm³/mol. The summed E-state index contributed by atoms with van der Waals surface area (Å²) < 4.78 is 5.17. The average Bonchev–Trinajstić information content (AvgIpc) is 2.93. The predicted octanol–water partition coefficient (Wildman–Crippen LogP) is 3.07. The molecule has 0 saturated carbocycles. The van der Waals surface area contributed by atoms with Crippen molar-refractivity contribution in [2.24, 2.45) is 0 Å². The molecule has 1 aromatic heterocycles. The molecule has 1 fully saturated rings. The van der Waals surface area contributed by atoms with E-state index >= 15 is 0 Å². The van der Waals surface area contributed by atoms with E-state index in [9.17, 15) is 4.79 Å². The van der Waals surface area contributed by atoms with Gasteiger partial charge in [-0.15, -0.1) is 0 Å². The van der Waals surface area contributed by atoms with Crippen LogP contribution in [0.2, 0.25) is 0 Å². The highest BCUT2D eigenvalue weighted by atomic mass is 16.5. The number of anilines is 1. The van der Waals surface area contributed by atoms with Crippen LogP contribution in [0.4, 0.5) is 5.82 Å². The molecule has 0 atom stereocenters. The van der Waals surface area contributed by atoms with E-state index in [1.807, 2.05) is 54.3 Å². The second-order valence-corrected chi connectivity index (χ2v) is 6.71. The van der Waals surface area contributed by atoms with E-state index in [1.165, 1.54) is 5.56 Å². The van der Waals surface area contributed by atoms with Crippen LogP contribution in [-0.2, 0) is 11.2 Å². The average molecular weight is 353 g/mol. The highest BCUT2D eigenvalue weighted by Gasteiger charge is 2.19. The highest BCUT2D eigenvalue weighted by Crippen LogP contribution is 2.16. The van der Waals surface area contributed by atoms with Crippen LogP contribution in [0.3, 0.4) is 0 Å². The number of rotatable bonds is 5. The Hall–Kier alpha value is -2.56. The first-order valence-electron chi connectivity index (χ1n) is 9.25. The van der Waals surface area contributed by atoms with E-state index in [4.69, 9.17) is 4.74 Å². The third-order valence-electron chi connectivity index (χ3n) is 4.83. The molecule has 0 aliphatic carbocycles. The van der Waals surface area contributed by atoms with Crippen LogP contribution in [0.1, 0.15) is 24.1 Å². The summed E-state index contributed by atoms with van der Waals surface area (Å²) in [6.07, 6.45) is 2.29. The monoisotopic (exact) mass is 353 g/mol. The van der Waals surface area contributed by atoms with Crippen LogP contribution in [-0.4, -0.2) is 49.1 Å². The lowest BCUT2D eigenvalue weighted by molar-refractivity contribution is -0.130. The smallest absolute Gasteiger partial charge is 0.222 e.